The van der Waals surface area contributed by atoms with Crippen molar-refractivity contribution in [3.63, 3.8) is 0 Å². The van der Waals surface area contributed by atoms with Gasteiger partial charge in [-0.15, -0.1) is 0 Å². The van der Waals surface area contributed by atoms with Crippen molar-refractivity contribution in [2.24, 2.45) is 0 Å². The minimum absolute atomic E-state index is 0.347. The highest BCUT2D eigenvalue weighted by molar-refractivity contribution is 6.01. The van der Waals surface area contributed by atoms with Crippen LogP contribution in [0.2, 0.25) is 0 Å². The molecule has 0 aliphatic carbocycles. The molecule has 0 radical (unpaired) electrons. The lowest BCUT2D eigenvalue weighted by Gasteiger charge is -2.15. The second-order valence-electron chi connectivity index (χ2n) is 4.09. The Bertz CT molecular complexity index is 414. The molecule has 0 atom stereocenters. The Morgan fingerprint density at radius 2 is 1.76 bits per heavy atom. The molecule has 0 heterocycles. The fourth-order valence-electron chi connectivity index (χ4n) is 1.20. The van der Waals surface area contributed by atoms with E-state index in [0.717, 1.165) is 0 Å². The van der Waals surface area contributed by atoms with Gasteiger partial charge in [0, 0.05) is 5.56 Å². The fourth-order valence-corrected chi connectivity index (χ4v) is 1.20. The van der Waals surface area contributed by atoms with Crippen LogP contribution in [0.3, 0.4) is 0 Å². The molecule has 1 aromatic carbocycles. The van der Waals surface area contributed by atoms with Gasteiger partial charge in [0.05, 0.1) is 0 Å². The summed E-state index contributed by atoms with van der Waals surface area (Å²) in [6.07, 6.45) is 0. The van der Waals surface area contributed by atoms with Crippen molar-refractivity contribution in [1.29, 1.82) is 0 Å². The normalized spacial score (nSPS) is 11.0. The van der Waals surface area contributed by atoms with Crippen LogP contribution in [0.25, 0.3) is 0 Å². The highest BCUT2D eigenvalue weighted by Gasteiger charge is 2.24. The number of hydrogen-bond acceptors (Lipinski definition) is 4. The van der Waals surface area contributed by atoms with Crippen molar-refractivity contribution >= 4 is 11.8 Å². The Hall–Kier alpha value is -1.88. The molecule has 0 amide bonds. The molecule has 0 aliphatic rings. The van der Waals surface area contributed by atoms with Gasteiger partial charge in [0.25, 0.3) is 0 Å². The second-order valence-corrected chi connectivity index (χ2v) is 4.09. The zero-order valence-corrected chi connectivity index (χ0v) is 9.64. The number of hydrogen-bond donors (Lipinski definition) is 2. The molecule has 2 N–H and O–H groups in total. The highest BCUT2D eigenvalue weighted by Crippen LogP contribution is 2.16. The van der Waals surface area contributed by atoms with E-state index in [2.05, 4.69) is 0 Å². The number of ketones is 1. The Labute approximate surface area is 98.6 Å². The standard InChI is InChI=1S/C12H14O5/c1-12(2,16)11(15)8-3-5-9(6-4-8)17-7-10(13)14/h3-6,16H,7H2,1-2H3,(H,13,14). The number of benzene rings is 1. The Balaban J connectivity index is 2.75. The lowest BCUT2D eigenvalue weighted by molar-refractivity contribution is -0.139. The van der Waals surface area contributed by atoms with E-state index >= 15 is 0 Å². The van der Waals surface area contributed by atoms with Crippen LogP contribution in [-0.4, -0.2) is 34.2 Å². The first-order valence-electron chi connectivity index (χ1n) is 5.02. The van der Waals surface area contributed by atoms with Gasteiger partial charge in [-0.1, -0.05) is 0 Å². The van der Waals surface area contributed by atoms with E-state index in [1.807, 2.05) is 0 Å². The number of aliphatic hydroxyl groups is 1. The van der Waals surface area contributed by atoms with Crippen LogP contribution in [0.15, 0.2) is 24.3 Å². The molecule has 1 rings (SSSR count). The van der Waals surface area contributed by atoms with Crippen molar-refractivity contribution in [2.75, 3.05) is 6.61 Å². The second kappa shape index (κ2) is 4.97. The van der Waals surface area contributed by atoms with E-state index < -0.39 is 24.0 Å². The van der Waals surface area contributed by atoms with Gasteiger partial charge >= 0.3 is 5.97 Å². The summed E-state index contributed by atoms with van der Waals surface area (Å²) in [5, 5.41) is 17.9. The Morgan fingerprint density at radius 3 is 2.18 bits per heavy atom. The maximum atomic E-state index is 11.7. The van der Waals surface area contributed by atoms with E-state index in [9.17, 15) is 14.7 Å². The molecule has 0 fully saturated rings. The minimum atomic E-state index is -1.43. The van der Waals surface area contributed by atoms with E-state index in [1.54, 1.807) is 0 Å². The number of rotatable bonds is 5. The topological polar surface area (TPSA) is 83.8 Å². The lowest BCUT2D eigenvalue weighted by atomic mass is 9.97. The van der Waals surface area contributed by atoms with Crippen molar-refractivity contribution in [1.82, 2.24) is 0 Å². The third-order valence-electron chi connectivity index (χ3n) is 2.03. The zero-order valence-electron chi connectivity index (χ0n) is 9.64. The van der Waals surface area contributed by atoms with Crippen molar-refractivity contribution in [3.05, 3.63) is 29.8 Å². The summed E-state index contributed by atoms with van der Waals surface area (Å²) in [6.45, 7) is 2.38. The molecule has 17 heavy (non-hydrogen) atoms. The molecule has 0 spiro atoms. The van der Waals surface area contributed by atoms with E-state index in [0.29, 0.717) is 11.3 Å². The van der Waals surface area contributed by atoms with Crippen LogP contribution in [-0.2, 0) is 4.79 Å². The average Bonchev–Trinajstić information content (AvgIpc) is 2.25. The number of carboxylic acids is 1. The number of Topliss-reactive ketones (excluding diaryl/α,β-unsaturated/α-hetero) is 1. The molecule has 5 nitrogen and oxygen atoms in total. The summed E-state index contributed by atoms with van der Waals surface area (Å²) in [4.78, 5) is 21.9. The SMILES string of the molecule is CC(C)(O)C(=O)c1ccc(OCC(=O)O)cc1. The first kappa shape index (κ1) is 13.2. The van der Waals surface area contributed by atoms with Gasteiger partial charge in [0.1, 0.15) is 11.4 Å². The summed E-state index contributed by atoms with van der Waals surface area (Å²) in [5.41, 5.74) is -1.08. The Morgan fingerprint density at radius 1 is 1.24 bits per heavy atom. The third-order valence-corrected chi connectivity index (χ3v) is 2.03. The van der Waals surface area contributed by atoms with Crippen LogP contribution in [0.5, 0.6) is 5.75 Å². The highest BCUT2D eigenvalue weighted by atomic mass is 16.5. The molecule has 0 aliphatic heterocycles. The molecular weight excluding hydrogens is 224 g/mol. The largest absolute Gasteiger partial charge is 0.482 e. The molecule has 0 aromatic heterocycles. The van der Waals surface area contributed by atoms with Gasteiger partial charge in [0.2, 0.25) is 0 Å². The van der Waals surface area contributed by atoms with Gasteiger partial charge in [-0.3, -0.25) is 4.79 Å². The van der Waals surface area contributed by atoms with Crippen LogP contribution in [0, 0.1) is 0 Å². The Kier molecular flexibility index (Phi) is 3.85. The van der Waals surface area contributed by atoms with E-state index in [-0.39, 0.29) is 0 Å². The molecular formula is C12H14O5. The van der Waals surface area contributed by atoms with Crippen molar-refractivity contribution < 1.29 is 24.5 Å². The van der Waals surface area contributed by atoms with Gasteiger partial charge in [-0.05, 0) is 38.1 Å². The summed E-state index contributed by atoms with van der Waals surface area (Å²) < 4.78 is 4.91. The number of ether oxygens (including phenoxy) is 1. The van der Waals surface area contributed by atoms with Crippen LogP contribution < -0.4 is 4.74 Å². The molecule has 0 saturated carbocycles. The number of carbonyl (C=O) groups is 2. The van der Waals surface area contributed by atoms with Crippen LogP contribution in [0.1, 0.15) is 24.2 Å². The summed E-state index contributed by atoms with van der Waals surface area (Å²) in [5.74, 6) is -1.11. The monoisotopic (exact) mass is 238 g/mol. The summed E-state index contributed by atoms with van der Waals surface area (Å²) in [6, 6.07) is 5.94. The van der Waals surface area contributed by atoms with E-state index in [4.69, 9.17) is 9.84 Å². The molecule has 0 unspecified atom stereocenters. The van der Waals surface area contributed by atoms with Gasteiger partial charge in [0.15, 0.2) is 12.4 Å². The van der Waals surface area contributed by atoms with Crippen molar-refractivity contribution in [2.45, 2.75) is 19.4 Å². The smallest absolute Gasteiger partial charge is 0.341 e. The molecule has 92 valence electrons. The summed E-state index contributed by atoms with van der Waals surface area (Å²) in [7, 11) is 0. The third kappa shape index (κ3) is 3.88. The van der Waals surface area contributed by atoms with Crippen LogP contribution >= 0.6 is 0 Å². The van der Waals surface area contributed by atoms with Gasteiger partial charge in [-0.25, -0.2) is 4.79 Å². The number of carboxylic acid groups (broad SMARTS) is 1. The van der Waals surface area contributed by atoms with Gasteiger partial charge in [-0.2, -0.15) is 0 Å². The quantitative estimate of drug-likeness (QED) is 0.750. The fraction of sp³-hybridized carbons (Fsp3) is 0.333. The van der Waals surface area contributed by atoms with E-state index in [1.165, 1.54) is 38.1 Å². The van der Waals surface area contributed by atoms with Crippen molar-refractivity contribution in [3.8, 4) is 5.75 Å². The van der Waals surface area contributed by atoms with Crippen LogP contribution in [0.4, 0.5) is 0 Å². The first-order valence-corrected chi connectivity index (χ1v) is 5.02. The molecule has 5 heteroatoms. The predicted octanol–water partition coefficient (Wildman–Crippen LogP) is 1.10. The summed E-state index contributed by atoms with van der Waals surface area (Å²) >= 11 is 0. The maximum Gasteiger partial charge on any atom is 0.341 e. The number of carbonyl (C=O) groups excluding carboxylic acids is 1. The molecule has 0 saturated heterocycles. The number of aliphatic carboxylic acids is 1. The lowest BCUT2D eigenvalue weighted by Crippen LogP contribution is -2.30. The van der Waals surface area contributed by atoms with Gasteiger partial charge < -0.3 is 14.9 Å². The maximum absolute atomic E-state index is 11.7. The average molecular weight is 238 g/mol. The first-order chi connectivity index (χ1) is 7.80. The molecule has 1 aromatic rings. The minimum Gasteiger partial charge on any atom is -0.482 e. The predicted molar refractivity (Wildman–Crippen MR) is 60.2 cm³/mol. The molecule has 0 bridgehead atoms. The zero-order chi connectivity index (χ0) is 13.1.